The molecule has 0 aliphatic carbocycles. The zero-order valence-corrected chi connectivity index (χ0v) is 21.6. The Balaban J connectivity index is 1.42. The molecular weight excluding hydrogens is 530 g/mol. The molecule has 38 heavy (non-hydrogen) atoms. The number of rotatable bonds is 7. The molecule has 1 unspecified atom stereocenters. The van der Waals surface area contributed by atoms with Crippen molar-refractivity contribution in [3.63, 3.8) is 0 Å². The van der Waals surface area contributed by atoms with Gasteiger partial charge in [-0.25, -0.2) is 27.2 Å². The van der Waals surface area contributed by atoms with Gasteiger partial charge in [0.25, 0.3) is 10.0 Å². The van der Waals surface area contributed by atoms with E-state index in [1.54, 1.807) is 24.4 Å². The highest BCUT2D eigenvalue weighted by molar-refractivity contribution is 7.92. The lowest BCUT2D eigenvalue weighted by Gasteiger charge is -2.13. The summed E-state index contributed by atoms with van der Waals surface area (Å²) in [5.74, 6) is -0.706. The first-order valence-electron chi connectivity index (χ1n) is 11.6. The van der Waals surface area contributed by atoms with Crippen LogP contribution < -0.4 is 4.72 Å². The van der Waals surface area contributed by atoms with Gasteiger partial charge in [0.05, 0.1) is 27.3 Å². The fourth-order valence-electron chi connectivity index (χ4n) is 4.05. The molecule has 5 rings (SSSR count). The highest BCUT2D eigenvalue weighted by Gasteiger charge is 2.17. The van der Waals surface area contributed by atoms with E-state index in [2.05, 4.69) is 14.7 Å². The van der Waals surface area contributed by atoms with Crippen molar-refractivity contribution >= 4 is 38.3 Å². The van der Waals surface area contributed by atoms with Crippen molar-refractivity contribution in [2.24, 2.45) is 0 Å². The number of anilines is 1. The number of nitrogens with zero attached hydrogens (tertiary/aromatic N) is 3. The topological polar surface area (TPSA) is 84.8 Å². The number of sulfonamides is 1. The molecule has 2 heterocycles. The number of benzene rings is 3. The van der Waals surface area contributed by atoms with Crippen LogP contribution >= 0.6 is 11.6 Å². The van der Waals surface area contributed by atoms with Crippen molar-refractivity contribution in [3.8, 4) is 11.1 Å². The van der Waals surface area contributed by atoms with Crippen LogP contribution in [0.2, 0.25) is 5.15 Å². The number of halogens is 3. The summed E-state index contributed by atoms with van der Waals surface area (Å²) in [5, 5.41) is -0.0305. The third kappa shape index (κ3) is 5.64. The molecule has 0 saturated heterocycles. The van der Waals surface area contributed by atoms with Gasteiger partial charge in [0, 0.05) is 18.0 Å². The Labute approximate surface area is 223 Å². The van der Waals surface area contributed by atoms with Crippen LogP contribution in [0.25, 0.3) is 22.2 Å². The van der Waals surface area contributed by atoms with Crippen LogP contribution in [0.15, 0.2) is 90.1 Å². The predicted octanol–water partition coefficient (Wildman–Crippen LogP) is 6.77. The van der Waals surface area contributed by atoms with Crippen molar-refractivity contribution in [3.05, 3.63) is 113 Å². The van der Waals surface area contributed by atoms with E-state index in [0.717, 1.165) is 29.0 Å². The summed E-state index contributed by atoms with van der Waals surface area (Å²) in [5.41, 5.74) is 4.59. The molecular formula is C28H21ClF2N4O2S. The molecule has 6 nitrogen and oxygen atoms in total. The summed E-state index contributed by atoms with van der Waals surface area (Å²) in [6, 6.07) is 18.0. The molecule has 0 fully saturated rings. The number of aromatic nitrogens is 3. The van der Waals surface area contributed by atoms with E-state index in [9.17, 15) is 17.2 Å². The quantitative estimate of drug-likeness (QED) is 0.226. The molecule has 2 aromatic heterocycles. The van der Waals surface area contributed by atoms with Crippen molar-refractivity contribution in [2.45, 2.75) is 24.2 Å². The maximum absolute atomic E-state index is 13.3. The zero-order chi connectivity index (χ0) is 26.9. The highest BCUT2D eigenvalue weighted by atomic mass is 35.5. The molecule has 0 aliphatic heterocycles. The molecule has 0 spiro atoms. The van der Waals surface area contributed by atoms with Crippen LogP contribution in [0, 0.1) is 11.6 Å². The van der Waals surface area contributed by atoms with Crippen LogP contribution in [0.1, 0.15) is 24.1 Å². The first-order valence-corrected chi connectivity index (χ1v) is 13.5. The maximum Gasteiger partial charge on any atom is 0.261 e. The minimum atomic E-state index is -4.01. The van der Waals surface area contributed by atoms with Gasteiger partial charge in [-0.15, -0.1) is 0 Å². The van der Waals surface area contributed by atoms with Gasteiger partial charge < -0.3 is 0 Å². The first kappa shape index (κ1) is 25.7. The van der Waals surface area contributed by atoms with E-state index < -0.39 is 15.8 Å². The summed E-state index contributed by atoms with van der Waals surface area (Å²) in [6.45, 7) is 2.05. The Morgan fingerprint density at radius 1 is 0.842 bits per heavy atom. The van der Waals surface area contributed by atoms with Gasteiger partial charge in [0.1, 0.15) is 11.6 Å². The second kappa shape index (κ2) is 10.4. The van der Waals surface area contributed by atoms with Gasteiger partial charge in [-0.3, -0.25) is 9.71 Å². The second-order valence-electron chi connectivity index (χ2n) is 8.84. The van der Waals surface area contributed by atoms with Gasteiger partial charge in [0.2, 0.25) is 0 Å². The van der Waals surface area contributed by atoms with Gasteiger partial charge in [-0.1, -0.05) is 36.7 Å². The largest absolute Gasteiger partial charge is 0.276 e. The smallest absolute Gasteiger partial charge is 0.261 e. The van der Waals surface area contributed by atoms with E-state index in [4.69, 9.17) is 16.6 Å². The van der Waals surface area contributed by atoms with Crippen molar-refractivity contribution in [2.75, 3.05) is 4.72 Å². The molecule has 192 valence electrons. The number of pyridine rings is 1. The zero-order valence-electron chi connectivity index (χ0n) is 20.1. The van der Waals surface area contributed by atoms with Crippen LogP contribution in [-0.2, 0) is 16.4 Å². The van der Waals surface area contributed by atoms with Crippen LogP contribution in [0.5, 0.6) is 0 Å². The average Bonchev–Trinajstić information content (AvgIpc) is 2.90. The number of hydrogen-bond acceptors (Lipinski definition) is 5. The average molecular weight is 551 g/mol. The molecule has 0 radical (unpaired) electrons. The molecule has 5 aromatic rings. The molecule has 1 atom stereocenters. The Morgan fingerprint density at radius 3 is 2.24 bits per heavy atom. The molecule has 10 heteroatoms. The molecule has 3 aromatic carbocycles. The standard InChI is InChI=1S/C28H21ClF2N4O2S/c1-17(18-2-5-21(30)6-3-18)12-23-16-32-25-11-4-19(13-26(25)34-23)20-14-27(28(29)33-15-20)35-38(36,37)24-9-7-22(31)8-10-24/h2-11,13-17,35H,12H2,1H3. The second-order valence-corrected chi connectivity index (χ2v) is 10.9. The number of nitrogens with one attached hydrogen (secondary N) is 1. The monoisotopic (exact) mass is 550 g/mol. The van der Waals surface area contributed by atoms with Crippen LogP contribution in [0.3, 0.4) is 0 Å². The Bertz CT molecular complexity index is 1730. The molecule has 0 saturated carbocycles. The van der Waals surface area contributed by atoms with E-state index in [-0.39, 0.29) is 27.5 Å². The van der Waals surface area contributed by atoms with Crippen molar-refractivity contribution in [1.82, 2.24) is 15.0 Å². The molecule has 0 amide bonds. The van der Waals surface area contributed by atoms with Crippen molar-refractivity contribution in [1.29, 1.82) is 0 Å². The first-order chi connectivity index (χ1) is 18.2. The number of hydrogen-bond donors (Lipinski definition) is 1. The SMILES string of the molecule is CC(Cc1cnc2ccc(-c3cnc(Cl)c(NS(=O)(=O)c4ccc(F)cc4)c3)cc2n1)c1ccc(F)cc1. The minimum absolute atomic E-state index is 0.0305. The maximum atomic E-state index is 13.3. The fraction of sp³-hybridized carbons (Fsp3) is 0.107. The van der Waals surface area contributed by atoms with Gasteiger partial charge >= 0.3 is 0 Å². The lowest BCUT2D eigenvalue weighted by molar-refractivity contribution is 0.599. The number of fused-ring (bicyclic) bond motifs is 1. The van der Waals surface area contributed by atoms with E-state index in [1.807, 2.05) is 25.1 Å². The third-order valence-corrected chi connectivity index (χ3v) is 7.77. The normalized spacial score (nSPS) is 12.4. The molecule has 0 bridgehead atoms. The third-order valence-electron chi connectivity index (χ3n) is 6.09. The summed E-state index contributed by atoms with van der Waals surface area (Å²) >= 11 is 6.18. The lowest BCUT2D eigenvalue weighted by Crippen LogP contribution is -2.13. The van der Waals surface area contributed by atoms with Gasteiger partial charge in [-0.05, 0) is 78.1 Å². The van der Waals surface area contributed by atoms with E-state index >= 15 is 0 Å². The van der Waals surface area contributed by atoms with Gasteiger partial charge in [0.15, 0.2) is 5.15 Å². The summed E-state index contributed by atoms with van der Waals surface area (Å²) < 4.78 is 54.5. The van der Waals surface area contributed by atoms with E-state index in [1.165, 1.54) is 30.5 Å². The highest BCUT2D eigenvalue weighted by Crippen LogP contribution is 2.30. The summed E-state index contributed by atoms with van der Waals surface area (Å²) in [4.78, 5) is 13.3. The molecule has 1 N–H and O–H groups in total. The summed E-state index contributed by atoms with van der Waals surface area (Å²) in [6.07, 6.45) is 3.89. The van der Waals surface area contributed by atoms with Crippen LogP contribution in [-0.4, -0.2) is 23.4 Å². The van der Waals surface area contributed by atoms with E-state index in [0.29, 0.717) is 23.0 Å². The van der Waals surface area contributed by atoms with Crippen molar-refractivity contribution < 1.29 is 17.2 Å². The van der Waals surface area contributed by atoms with Crippen LogP contribution in [0.4, 0.5) is 14.5 Å². The Hall–Kier alpha value is -3.95. The minimum Gasteiger partial charge on any atom is -0.276 e. The predicted molar refractivity (Wildman–Crippen MR) is 144 cm³/mol. The van der Waals surface area contributed by atoms with Gasteiger partial charge in [-0.2, -0.15) is 0 Å². The fourth-order valence-corrected chi connectivity index (χ4v) is 5.31. The lowest BCUT2D eigenvalue weighted by atomic mass is 9.96. The Kier molecular flexibility index (Phi) is 7.05. The molecule has 0 aliphatic rings. The summed E-state index contributed by atoms with van der Waals surface area (Å²) in [7, 11) is -4.01. The Morgan fingerprint density at radius 2 is 1.53 bits per heavy atom.